The van der Waals surface area contributed by atoms with E-state index in [-0.39, 0.29) is 5.91 Å². The van der Waals surface area contributed by atoms with Crippen molar-refractivity contribution >= 4 is 23.4 Å². The van der Waals surface area contributed by atoms with Crippen molar-refractivity contribution in [3.8, 4) is 0 Å². The van der Waals surface area contributed by atoms with Crippen molar-refractivity contribution in [2.75, 3.05) is 31.7 Å². The smallest absolute Gasteiger partial charge is 0.257 e. The van der Waals surface area contributed by atoms with E-state index in [9.17, 15) is 4.79 Å². The molecular formula is C13H19N3OS. The molecule has 0 atom stereocenters. The van der Waals surface area contributed by atoms with Crippen LogP contribution in [0.5, 0.6) is 0 Å². The van der Waals surface area contributed by atoms with Crippen LogP contribution in [0.2, 0.25) is 0 Å². The van der Waals surface area contributed by atoms with E-state index >= 15 is 0 Å². The molecule has 98 valence electrons. The molecule has 1 aliphatic heterocycles. The van der Waals surface area contributed by atoms with E-state index in [1.54, 1.807) is 12.4 Å². The normalized spacial score (nSPS) is 16.7. The standard InChI is InChI=1S/C13H19N3OS/c1-14-12-3-6-15-9-11(12)13(17)16-7-4-10(18-2)5-8-16/h3,6,9-10H,4-5,7-8H2,1-2H3,(H,14,15). The van der Waals surface area contributed by atoms with Crippen molar-refractivity contribution in [1.82, 2.24) is 9.88 Å². The molecule has 0 unspecified atom stereocenters. The Morgan fingerprint density at radius 2 is 2.22 bits per heavy atom. The summed E-state index contributed by atoms with van der Waals surface area (Å²) in [4.78, 5) is 18.4. The minimum atomic E-state index is 0.0898. The Balaban J connectivity index is 2.08. The Hall–Kier alpha value is -1.23. The molecule has 0 aromatic carbocycles. The summed E-state index contributed by atoms with van der Waals surface area (Å²) in [5.41, 5.74) is 1.52. The van der Waals surface area contributed by atoms with Crippen LogP contribution < -0.4 is 5.32 Å². The number of carbonyl (C=O) groups is 1. The van der Waals surface area contributed by atoms with Crippen molar-refractivity contribution in [3.05, 3.63) is 24.0 Å². The molecule has 0 saturated carbocycles. The van der Waals surface area contributed by atoms with Gasteiger partial charge in [0.1, 0.15) is 0 Å². The second-order valence-electron chi connectivity index (χ2n) is 4.40. The van der Waals surface area contributed by atoms with E-state index in [1.807, 2.05) is 29.8 Å². The maximum Gasteiger partial charge on any atom is 0.257 e. The largest absolute Gasteiger partial charge is 0.387 e. The second kappa shape index (κ2) is 6.09. The summed E-state index contributed by atoms with van der Waals surface area (Å²) in [6.45, 7) is 1.70. The number of hydrogen-bond donors (Lipinski definition) is 1. The van der Waals surface area contributed by atoms with Gasteiger partial charge in [-0.3, -0.25) is 9.78 Å². The molecule has 1 amide bonds. The number of piperidine rings is 1. The predicted molar refractivity (Wildman–Crippen MR) is 76.2 cm³/mol. The summed E-state index contributed by atoms with van der Waals surface area (Å²) in [5.74, 6) is 0.0898. The minimum absolute atomic E-state index is 0.0898. The highest BCUT2D eigenvalue weighted by Crippen LogP contribution is 2.23. The fourth-order valence-corrected chi connectivity index (χ4v) is 2.93. The van der Waals surface area contributed by atoms with Crippen molar-refractivity contribution in [1.29, 1.82) is 0 Å². The van der Waals surface area contributed by atoms with Crippen LogP contribution in [0.3, 0.4) is 0 Å². The first-order valence-electron chi connectivity index (χ1n) is 6.20. The van der Waals surface area contributed by atoms with Crippen molar-refractivity contribution in [2.45, 2.75) is 18.1 Å². The van der Waals surface area contributed by atoms with Gasteiger partial charge in [-0.25, -0.2) is 0 Å². The SMILES string of the molecule is CNc1ccncc1C(=O)N1CCC(SC)CC1. The fraction of sp³-hybridized carbons (Fsp3) is 0.538. The van der Waals surface area contributed by atoms with Gasteiger partial charge in [-0.05, 0) is 25.2 Å². The van der Waals surface area contributed by atoms with Crippen LogP contribution in [0.4, 0.5) is 5.69 Å². The number of anilines is 1. The molecule has 1 N–H and O–H groups in total. The highest BCUT2D eigenvalue weighted by atomic mass is 32.2. The Kier molecular flexibility index (Phi) is 4.47. The van der Waals surface area contributed by atoms with Gasteiger partial charge in [0.15, 0.2) is 0 Å². The zero-order valence-electron chi connectivity index (χ0n) is 10.8. The maximum absolute atomic E-state index is 12.4. The van der Waals surface area contributed by atoms with E-state index in [0.717, 1.165) is 31.6 Å². The molecule has 0 aliphatic carbocycles. The zero-order chi connectivity index (χ0) is 13.0. The monoisotopic (exact) mass is 265 g/mol. The molecule has 2 heterocycles. The summed E-state index contributed by atoms with van der Waals surface area (Å²) in [5, 5.41) is 3.74. The lowest BCUT2D eigenvalue weighted by molar-refractivity contribution is 0.0728. The number of hydrogen-bond acceptors (Lipinski definition) is 4. The number of rotatable bonds is 3. The van der Waals surface area contributed by atoms with Gasteiger partial charge in [0.2, 0.25) is 0 Å². The number of amides is 1. The molecule has 1 aromatic heterocycles. The van der Waals surface area contributed by atoms with Crippen LogP contribution in [-0.4, -0.2) is 47.4 Å². The topological polar surface area (TPSA) is 45.2 Å². The highest BCUT2D eigenvalue weighted by molar-refractivity contribution is 7.99. The third-order valence-electron chi connectivity index (χ3n) is 3.38. The van der Waals surface area contributed by atoms with E-state index < -0.39 is 0 Å². The van der Waals surface area contributed by atoms with Crippen LogP contribution in [0.1, 0.15) is 23.2 Å². The Labute approximate surface area is 112 Å². The number of nitrogens with one attached hydrogen (secondary N) is 1. The first-order valence-corrected chi connectivity index (χ1v) is 7.49. The van der Waals surface area contributed by atoms with Crippen molar-refractivity contribution < 1.29 is 4.79 Å². The number of thioether (sulfide) groups is 1. The van der Waals surface area contributed by atoms with E-state index in [4.69, 9.17) is 0 Å². The molecule has 18 heavy (non-hydrogen) atoms. The van der Waals surface area contributed by atoms with Gasteiger partial charge in [-0.2, -0.15) is 11.8 Å². The van der Waals surface area contributed by atoms with Gasteiger partial charge >= 0.3 is 0 Å². The molecule has 4 nitrogen and oxygen atoms in total. The van der Waals surface area contributed by atoms with E-state index in [2.05, 4.69) is 16.6 Å². The van der Waals surface area contributed by atoms with Gasteiger partial charge in [0.25, 0.3) is 5.91 Å². The van der Waals surface area contributed by atoms with E-state index in [0.29, 0.717) is 10.8 Å². The fourth-order valence-electron chi connectivity index (χ4n) is 2.25. The predicted octanol–water partition coefficient (Wildman–Crippen LogP) is 2.09. The van der Waals surface area contributed by atoms with Gasteiger partial charge in [0, 0.05) is 43.5 Å². The number of likely N-dealkylation sites (tertiary alicyclic amines) is 1. The van der Waals surface area contributed by atoms with Crippen molar-refractivity contribution in [2.24, 2.45) is 0 Å². The quantitative estimate of drug-likeness (QED) is 0.909. The molecule has 2 rings (SSSR count). The molecule has 1 aliphatic rings. The van der Waals surface area contributed by atoms with Crippen LogP contribution in [0.25, 0.3) is 0 Å². The summed E-state index contributed by atoms with van der Waals surface area (Å²) in [6, 6.07) is 1.84. The average molecular weight is 265 g/mol. The molecule has 1 fully saturated rings. The minimum Gasteiger partial charge on any atom is -0.387 e. The van der Waals surface area contributed by atoms with Gasteiger partial charge in [-0.1, -0.05) is 0 Å². The molecular weight excluding hydrogens is 246 g/mol. The highest BCUT2D eigenvalue weighted by Gasteiger charge is 2.24. The van der Waals surface area contributed by atoms with Gasteiger partial charge in [-0.15, -0.1) is 0 Å². The lowest BCUT2D eigenvalue weighted by atomic mass is 10.1. The number of carbonyl (C=O) groups excluding carboxylic acids is 1. The van der Waals surface area contributed by atoms with Crippen LogP contribution in [-0.2, 0) is 0 Å². The number of pyridine rings is 1. The maximum atomic E-state index is 12.4. The molecule has 1 aromatic rings. The summed E-state index contributed by atoms with van der Waals surface area (Å²) < 4.78 is 0. The van der Waals surface area contributed by atoms with Crippen LogP contribution in [0.15, 0.2) is 18.5 Å². The average Bonchev–Trinajstić information content (AvgIpc) is 2.46. The summed E-state index contributed by atoms with van der Waals surface area (Å²) in [7, 11) is 1.83. The van der Waals surface area contributed by atoms with E-state index in [1.165, 1.54) is 0 Å². The van der Waals surface area contributed by atoms with Crippen LogP contribution >= 0.6 is 11.8 Å². The lowest BCUT2D eigenvalue weighted by Gasteiger charge is -2.31. The summed E-state index contributed by atoms with van der Waals surface area (Å²) in [6.07, 6.45) is 7.66. The van der Waals surface area contributed by atoms with Gasteiger partial charge < -0.3 is 10.2 Å². The molecule has 0 spiro atoms. The Bertz CT molecular complexity index is 416. The number of aromatic nitrogens is 1. The molecule has 0 bridgehead atoms. The lowest BCUT2D eigenvalue weighted by Crippen LogP contribution is -2.39. The van der Waals surface area contributed by atoms with Gasteiger partial charge in [0.05, 0.1) is 5.56 Å². The van der Waals surface area contributed by atoms with Crippen molar-refractivity contribution in [3.63, 3.8) is 0 Å². The Morgan fingerprint density at radius 3 is 2.83 bits per heavy atom. The third kappa shape index (κ3) is 2.77. The first-order chi connectivity index (χ1) is 8.76. The second-order valence-corrected chi connectivity index (χ2v) is 5.54. The van der Waals surface area contributed by atoms with Crippen LogP contribution in [0, 0.1) is 0 Å². The number of nitrogens with zero attached hydrogens (tertiary/aromatic N) is 2. The Morgan fingerprint density at radius 1 is 1.50 bits per heavy atom. The summed E-state index contributed by atoms with van der Waals surface area (Å²) >= 11 is 1.90. The zero-order valence-corrected chi connectivity index (χ0v) is 11.7. The third-order valence-corrected chi connectivity index (χ3v) is 4.52. The molecule has 1 saturated heterocycles. The molecule has 5 heteroatoms. The first kappa shape index (κ1) is 13.2. The molecule has 0 radical (unpaired) electrons.